The Balaban J connectivity index is 1.87. The highest BCUT2D eigenvalue weighted by Crippen LogP contribution is 2.31. The summed E-state index contributed by atoms with van der Waals surface area (Å²) in [7, 11) is -3.21. The van der Waals surface area contributed by atoms with Gasteiger partial charge in [-0.1, -0.05) is 30.3 Å². The van der Waals surface area contributed by atoms with Crippen molar-refractivity contribution in [3.63, 3.8) is 0 Å². The first-order chi connectivity index (χ1) is 11.3. The Morgan fingerprint density at radius 1 is 1.17 bits per heavy atom. The number of hydrogen-bond acceptors (Lipinski definition) is 4. The molecule has 0 saturated heterocycles. The van der Waals surface area contributed by atoms with E-state index >= 15 is 0 Å². The number of anilines is 1. The van der Waals surface area contributed by atoms with Crippen LogP contribution in [0.1, 0.15) is 11.1 Å². The van der Waals surface area contributed by atoms with Crippen LogP contribution >= 0.6 is 0 Å². The Kier molecular flexibility index (Phi) is 4.32. The van der Waals surface area contributed by atoms with Gasteiger partial charge in [0.05, 0.1) is 10.8 Å². The lowest BCUT2D eigenvalue weighted by molar-refractivity contribution is -0.141. The van der Waals surface area contributed by atoms with Gasteiger partial charge in [0.25, 0.3) is 0 Å². The average Bonchev–Trinajstić information content (AvgIpc) is 2.54. The Hall–Kier alpha value is -2.34. The number of sulfone groups is 1. The van der Waals surface area contributed by atoms with Crippen molar-refractivity contribution in [2.75, 3.05) is 17.7 Å². The number of carboxylic acid groups (broad SMARTS) is 1. The van der Waals surface area contributed by atoms with E-state index in [1.165, 1.54) is 6.26 Å². The molecule has 0 bridgehead atoms. The van der Waals surface area contributed by atoms with Crippen LogP contribution in [0.3, 0.4) is 0 Å². The Labute approximate surface area is 141 Å². The van der Waals surface area contributed by atoms with Crippen LogP contribution < -0.4 is 4.90 Å². The van der Waals surface area contributed by atoms with Crippen molar-refractivity contribution in [1.82, 2.24) is 0 Å². The van der Waals surface area contributed by atoms with Gasteiger partial charge >= 0.3 is 5.97 Å². The predicted molar refractivity (Wildman–Crippen MR) is 91.9 cm³/mol. The third-order valence-electron chi connectivity index (χ3n) is 4.31. The summed E-state index contributed by atoms with van der Waals surface area (Å²) in [5, 5.41) is 9.38. The summed E-state index contributed by atoms with van der Waals surface area (Å²) in [4.78, 5) is 13.8. The van der Waals surface area contributed by atoms with Crippen molar-refractivity contribution in [1.29, 1.82) is 0 Å². The lowest BCUT2D eigenvalue weighted by atomic mass is 9.92. The summed E-state index contributed by atoms with van der Waals surface area (Å²) < 4.78 is 23.1. The first-order valence-corrected chi connectivity index (χ1v) is 9.58. The molecule has 6 heteroatoms. The zero-order valence-electron chi connectivity index (χ0n) is 13.3. The molecule has 3 rings (SSSR count). The van der Waals surface area contributed by atoms with Crippen LogP contribution in [0.4, 0.5) is 5.69 Å². The van der Waals surface area contributed by atoms with E-state index in [9.17, 15) is 18.3 Å². The molecule has 1 aliphatic heterocycles. The largest absolute Gasteiger partial charge is 0.481 e. The van der Waals surface area contributed by atoms with Crippen LogP contribution in [0.2, 0.25) is 0 Å². The minimum Gasteiger partial charge on any atom is -0.481 e. The summed E-state index contributed by atoms with van der Waals surface area (Å²) in [5.41, 5.74) is 3.02. The van der Waals surface area contributed by atoms with Crippen LogP contribution in [0, 0.1) is 5.92 Å². The summed E-state index contributed by atoms with van der Waals surface area (Å²) >= 11 is 0. The summed E-state index contributed by atoms with van der Waals surface area (Å²) in [6, 6.07) is 14.6. The van der Waals surface area contributed by atoms with Crippen LogP contribution in [0.25, 0.3) is 0 Å². The van der Waals surface area contributed by atoms with Gasteiger partial charge in [-0.25, -0.2) is 8.42 Å². The number of nitrogens with zero attached hydrogens (tertiary/aromatic N) is 1. The van der Waals surface area contributed by atoms with E-state index in [0.29, 0.717) is 19.5 Å². The molecule has 1 heterocycles. The van der Waals surface area contributed by atoms with E-state index in [1.54, 1.807) is 24.3 Å². The molecular weight excluding hydrogens is 326 g/mol. The highest BCUT2D eigenvalue weighted by atomic mass is 32.2. The second-order valence-corrected chi connectivity index (χ2v) is 8.18. The molecule has 0 saturated carbocycles. The summed E-state index contributed by atoms with van der Waals surface area (Å²) in [5.74, 6) is -1.22. The number of para-hydroxylation sites is 1. The zero-order chi connectivity index (χ0) is 17.3. The van der Waals surface area contributed by atoms with Crippen LogP contribution in [-0.4, -0.2) is 32.3 Å². The molecule has 0 aromatic heterocycles. The molecule has 1 unspecified atom stereocenters. The third kappa shape index (κ3) is 3.43. The van der Waals surface area contributed by atoms with Gasteiger partial charge in [-0.15, -0.1) is 0 Å². The van der Waals surface area contributed by atoms with Crippen LogP contribution in [0.15, 0.2) is 53.4 Å². The number of hydrogen-bond donors (Lipinski definition) is 1. The van der Waals surface area contributed by atoms with Crippen molar-refractivity contribution >= 4 is 21.5 Å². The Bertz CT molecular complexity index is 859. The second-order valence-electron chi connectivity index (χ2n) is 6.16. The predicted octanol–water partition coefficient (Wildman–Crippen LogP) is 2.35. The number of benzene rings is 2. The quantitative estimate of drug-likeness (QED) is 0.921. The molecule has 0 spiro atoms. The second kappa shape index (κ2) is 6.28. The highest BCUT2D eigenvalue weighted by molar-refractivity contribution is 7.90. The summed E-state index contributed by atoms with van der Waals surface area (Å²) in [6.07, 6.45) is 1.72. The molecule has 2 aromatic rings. The molecule has 0 amide bonds. The van der Waals surface area contributed by atoms with Gasteiger partial charge < -0.3 is 10.0 Å². The van der Waals surface area contributed by atoms with Crippen LogP contribution in [-0.2, 0) is 27.6 Å². The van der Waals surface area contributed by atoms with Crippen molar-refractivity contribution < 1.29 is 18.3 Å². The molecular formula is C18H19NO4S. The van der Waals surface area contributed by atoms with Gasteiger partial charge in [-0.2, -0.15) is 0 Å². The van der Waals surface area contributed by atoms with Crippen molar-refractivity contribution in [2.24, 2.45) is 5.92 Å². The first kappa shape index (κ1) is 16.5. The lowest BCUT2D eigenvalue weighted by Gasteiger charge is -2.34. The molecule has 1 aliphatic rings. The molecule has 24 heavy (non-hydrogen) atoms. The molecule has 1 atom stereocenters. The third-order valence-corrected chi connectivity index (χ3v) is 5.44. The Morgan fingerprint density at radius 3 is 2.46 bits per heavy atom. The topological polar surface area (TPSA) is 74.7 Å². The van der Waals surface area contributed by atoms with Crippen LogP contribution in [0.5, 0.6) is 0 Å². The molecule has 0 fully saturated rings. The fourth-order valence-corrected chi connectivity index (χ4v) is 3.69. The monoisotopic (exact) mass is 345 g/mol. The number of carboxylic acids is 1. The van der Waals surface area contributed by atoms with Gasteiger partial charge in [-0.3, -0.25) is 4.79 Å². The maximum atomic E-state index is 11.5. The van der Waals surface area contributed by atoms with Gasteiger partial charge in [0.2, 0.25) is 0 Å². The smallest absolute Gasteiger partial charge is 0.308 e. The highest BCUT2D eigenvalue weighted by Gasteiger charge is 2.28. The molecule has 0 radical (unpaired) electrons. The maximum Gasteiger partial charge on any atom is 0.308 e. The van der Waals surface area contributed by atoms with Gasteiger partial charge in [0.1, 0.15) is 0 Å². The van der Waals surface area contributed by atoms with E-state index in [2.05, 4.69) is 0 Å². The number of carbonyl (C=O) groups is 1. The molecule has 126 valence electrons. The number of fused-ring (bicyclic) bond motifs is 1. The van der Waals surface area contributed by atoms with Gasteiger partial charge in [-0.05, 0) is 35.7 Å². The average molecular weight is 345 g/mol. The van der Waals surface area contributed by atoms with E-state index in [-0.39, 0.29) is 4.90 Å². The lowest BCUT2D eigenvalue weighted by Crippen LogP contribution is -2.38. The van der Waals surface area contributed by atoms with Crippen molar-refractivity contribution in [2.45, 2.75) is 17.9 Å². The van der Waals surface area contributed by atoms with Crippen molar-refractivity contribution in [3.8, 4) is 0 Å². The minimum absolute atomic E-state index is 0.286. The molecule has 5 nitrogen and oxygen atoms in total. The molecule has 0 aliphatic carbocycles. The maximum absolute atomic E-state index is 11.5. The van der Waals surface area contributed by atoms with Gasteiger partial charge in [0.15, 0.2) is 9.84 Å². The normalized spacial score (nSPS) is 17.4. The fraction of sp³-hybridized carbons (Fsp3) is 0.278. The summed E-state index contributed by atoms with van der Waals surface area (Å²) in [6.45, 7) is 0.991. The number of aliphatic carboxylic acids is 1. The van der Waals surface area contributed by atoms with Crippen molar-refractivity contribution in [3.05, 3.63) is 59.7 Å². The molecule has 1 N–H and O–H groups in total. The minimum atomic E-state index is -3.21. The standard InChI is InChI=1S/C18H19NO4S/c1-24(22,23)16-8-6-13(7-9-16)11-19-12-15(18(20)21)10-14-4-2-3-5-17(14)19/h2-9,15H,10-12H2,1H3,(H,20,21). The van der Waals surface area contributed by atoms with E-state index in [4.69, 9.17) is 0 Å². The molecule has 2 aromatic carbocycles. The van der Waals surface area contributed by atoms with E-state index < -0.39 is 21.7 Å². The Morgan fingerprint density at radius 2 is 1.83 bits per heavy atom. The van der Waals surface area contributed by atoms with E-state index in [0.717, 1.165) is 16.8 Å². The SMILES string of the molecule is CS(=O)(=O)c1ccc(CN2CC(C(=O)O)Cc3ccccc32)cc1. The van der Waals surface area contributed by atoms with E-state index in [1.807, 2.05) is 29.2 Å². The fourth-order valence-electron chi connectivity index (χ4n) is 3.06. The first-order valence-electron chi connectivity index (χ1n) is 7.69. The number of rotatable bonds is 4. The zero-order valence-corrected chi connectivity index (χ0v) is 14.2. The van der Waals surface area contributed by atoms with Gasteiger partial charge in [0, 0.05) is 25.0 Å².